The third-order valence-corrected chi connectivity index (χ3v) is 2.70. The van der Waals surface area contributed by atoms with Crippen LogP contribution in [0.25, 0.3) is 0 Å². The van der Waals surface area contributed by atoms with Crippen molar-refractivity contribution in [1.29, 1.82) is 0 Å². The molecule has 1 aromatic carbocycles. The summed E-state index contributed by atoms with van der Waals surface area (Å²) in [5.74, 6) is -0.719. The molecule has 0 aliphatic heterocycles. The predicted octanol–water partition coefficient (Wildman–Crippen LogP) is 2.41. The molecule has 0 fully saturated rings. The summed E-state index contributed by atoms with van der Waals surface area (Å²) in [5.41, 5.74) is 0.356. The highest BCUT2D eigenvalue weighted by Crippen LogP contribution is 2.24. The highest BCUT2D eigenvalue weighted by Gasteiger charge is 2.12. The number of aromatic hydroxyl groups is 2. The minimum absolute atomic E-state index is 0.156. The first-order valence-electron chi connectivity index (χ1n) is 5.91. The smallest absolute Gasteiger partial charge is 0.251 e. The van der Waals surface area contributed by atoms with Crippen LogP contribution < -0.4 is 5.32 Å². The topological polar surface area (TPSA) is 69.6 Å². The van der Waals surface area contributed by atoms with Gasteiger partial charge in [0, 0.05) is 11.6 Å². The second-order valence-corrected chi connectivity index (χ2v) is 4.07. The Morgan fingerprint density at radius 1 is 1.29 bits per heavy atom. The summed E-state index contributed by atoms with van der Waals surface area (Å²) in [6.07, 6.45) is 2.83. The molecule has 1 rings (SSSR count). The highest BCUT2D eigenvalue weighted by molar-refractivity contribution is 5.95. The van der Waals surface area contributed by atoms with E-state index in [9.17, 15) is 9.90 Å². The van der Waals surface area contributed by atoms with Gasteiger partial charge in [-0.2, -0.15) is 0 Å². The molecule has 0 aliphatic rings. The molecule has 1 aromatic rings. The molecule has 4 heteroatoms. The number of rotatable bonds is 5. The molecule has 1 unspecified atom stereocenters. The lowest BCUT2D eigenvalue weighted by atomic mass is 10.1. The van der Waals surface area contributed by atoms with Gasteiger partial charge in [-0.1, -0.05) is 20.3 Å². The monoisotopic (exact) mass is 237 g/mol. The van der Waals surface area contributed by atoms with E-state index in [-0.39, 0.29) is 23.4 Å². The Morgan fingerprint density at radius 2 is 2.00 bits per heavy atom. The number of carbonyl (C=O) groups excluding carboxylic acids is 1. The first-order chi connectivity index (χ1) is 8.08. The van der Waals surface area contributed by atoms with Crippen molar-refractivity contribution >= 4 is 5.91 Å². The van der Waals surface area contributed by atoms with E-state index in [1.807, 2.05) is 6.92 Å². The molecule has 0 saturated carbocycles. The molecular weight excluding hydrogens is 218 g/mol. The molecule has 0 aliphatic carbocycles. The molecule has 94 valence electrons. The third-order valence-electron chi connectivity index (χ3n) is 2.70. The van der Waals surface area contributed by atoms with Crippen molar-refractivity contribution in [2.24, 2.45) is 0 Å². The predicted molar refractivity (Wildman–Crippen MR) is 66.2 cm³/mol. The summed E-state index contributed by atoms with van der Waals surface area (Å²) in [4.78, 5) is 11.8. The van der Waals surface area contributed by atoms with E-state index in [2.05, 4.69) is 12.2 Å². The fourth-order valence-electron chi connectivity index (χ4n) is 1.66. The van der Waals surface area contributed by atoms with Gasteiger partial charge in [0.15, 0.2) is 11.5 Å². The van der Waals surface area contributed by atoms with Crippen LogP contribution in [0.15, 0.2) is 18.2 Å². The number of amides is 1. The first-order valence-corrected chi connectivity index (χ1v) is 5.91. The Morgan fingerprint density at radius 3 is 2.53 bits per heavy atom. The maximum atomic E-state index is 11.8. The summed E-state index contributed by atoms with van der Waals surface area (Å²) in [7, 11) is 0. The average molecular weight is 237 g/mol. The minimum Gasteiger partial charge on any atom is -0.504 e. The number of hydrogen-bond acceptors (Lipinski definition) is 3. The molecule has 3 N–H and O–H groups in total. The van der Waals surface area contributed by atoms with Crippen molar-refractivity contribution in [1.82, 2.24) is 5.32 Å². The Kier molecular flexibility index (Phi) is 4.82. The van der Waals surface area contributed by atoms with Gasteiger partial charge in [0.05, 0.1) is 0 Å². The van der Waals surface area contributed by atoms with Gasteiger partial charge in [-0.3, -0.25) is 4.79 Å². The third kappa shape index (κ3) is 3.66. The van der Waals surface area contributed by atoms with Crippen LogP contribution >= 0.6 is 0 Å². The van der Waals surface area contributed by atoms with Crippen molar-refractivity contribution < 1.29 is 15.0 Å². The summed E-state index contributed by atoms with van der Waals surface area (Å²) >= 11 is 0. The second kappa shape index (κ2) is 6.13. The van der Waals surface area contributed by atoms with Gasteiger partial charge in [-0.05, 0) is 31.0 Å². The number of benzene rings is 1. The van der Waals surface area contributed by atoms with Crippen LogP contribution in [-0.4, -0.2) is 22.2 Å². The fourth-order valence-corrected chi connectivity index (χ4v) is 1.66. The van der Waals surface area contributed by atoms with Crippen molar-refractivity contribution in [3.63, 3.8) is 0 Å². The van der Waals surface area contributed by atoms with Crippen molar-refractivity contribution in [3.05, 3.63) is 23.8 Å². The maximum Gasteiger partial charge on any atom is 0.251 e. The molecule has 0 spiro atoms. The first kappa shape index (κ1) is 13.4. The molecule has 0 radical (unpaired) electrons. The average Bonchev–Trinajstić information content (AvgIpc) is 2.31. The fraction of sp³-hybridized carbons (Fsp3) is 0.462. The molecule has 1 atom stereocenters. The van der Waals surface area contributed by atoms with Crippen LogP contribution in [0, 0.1) is 0 Å². The molecule has 0 bridgehead atoms. The van der Waals surface area contributed by atoms with Crippen molar-refractivity contribution in [3.8, 4) is 11.5 Å². The lowest BCUT2D eigenvalue weighted by Gasteiger charge is -2.16. The lowest BCUT2D eigenvalue weighted by molar-refractivity contribution is 0.0933. The summed E-state index contributed by atoms with van der Waals surface area (Å²) < 4.78 is 0. The number of phenolic OH excluding ortho intramolecular Hbond substituents is 2. The van der Waals surface area contributed by atoms with E-state index in [1.54, 1.807) is 0 Å². The van der Waals surface area contributed by atoms with E-state index < -0.39 is 0 Å². The quantitative estimate of drug-likeness (QED) is 0.689. The number of phenols is 2. The maximum absolute atomic E-state index is 11.8. The standard InChI is InChI=1S/C13H19NO3/c1-3-5-10(4-2)14-13(17)9-6-7-11(15)12(16)8-9/h6-8,10,15-16H,3-5H2,1-2H3,(H,14,17). The zero-order valence-electron chi connectivity index (χ0n) is 10.2. The Hall–Kier alpha value is -1.71. The molecule has 17 heavy (non-hydrogen) atoms. The lowest BCUT2D eigenvalue weighted by Crippen LogP contribution is -2.34. The van der Waals surface area contributed by atoms with Gasteiger partial charge in [0.1, 0.15) is 0 Å². The van der Waals surface area contributed by atoms with E-state index in [1.165, 1.54) is 18.2 Å². The highest BCUT2D eigenvalue weighted by atomic mass is 16.3. The van der Waals surface area contributed by atoms with Gasteiger partial charge in [0.25, 0.3) is 5.91 Å². The van der Waals surface area contributed by atoms with E-state index in [0.29, 0.717) is 5.56 Å². The summed E-state index contributed by atoms with van der Waals surface area (Å²) in [6.45, 7) is 4.09. The zero-order valence-corrected chi connectivity index (χ0v) is 10.2. The minimum atomic E-state index is -0.277. The SMILES string of the molecule is CCCC(CC)NC(=O)c1ccc(O)c(O)c1. The summed E-state index contributed by atoms with van der Waals surface area (Å²) in [5, 5.41) is 21.4. The molecule has 0 saturated heterocycles. The van der Waals surface area contributed by atoms with E-state index in [0.717, 1.165) is 19.3 Å². The Labute approximate surface area is 101 Å². The van der Waals surface area contributed by atoms with Crippen LogP contribution in [0.5, 0.6) is 11.5 Å². The van der Waals surface area contributed by atoms with Gasteiger partial charge in [0.2, 0.25) is 0 Å². The van der Waals surface area contributed by atoms with Crippen LogP contribution in [0.2, 0.25) is 0 Å². The van der Waals surface area contributed by atoms with E-state index in [4.69, 9.17) is 5.11 Å². The molecular formula is C13H19NO3. The molecule has 0 aromatic heterocycles. The van der Waals surface area contributed by atoms with Crippen LogP contribution in [0.4, 0.5) is 0 Å². The van der Waals surface area contributed by atoms with Crippen molar-refractivity contribution in [2.45, 2.75) is 39.2 Å². The van der Waals surface area contributed by atoms with Gasteiger partial charge < -0.3 is 15.5 Å². The Balaban J connectivity index is 2.72. The van der Waals surface area contributed by atoms with Gasteiger partial charge >= 0.3 is 0 Å². The number of carbonyl (C=O) groups is 1. The van der Waals surface area contributed by atoms with Crippen LogP contribution in [0.3, 0.4) is 0 Å². The van der Waals surface area contributed by atoms with Gasteiger partial charge in [-0.15, -0.1) is 0 Å². The molecule has 1 amide bonds. The van der Waals surface area contributed by atoms with Crippen LogP contribution in [0.1, 0.15) is 43.5 Å². The van der Waals surface area contributed by atoms with Gasteiger partial charge in [-0.25, -0.2) is 0 Å². The largest absolute Gasteiger partial charge is 0.504 e. The number of hydrogen-bond donors (Lipinski definition) is 3. The zero-order chi connectivity index (χ0) is 12.8. The second-order valence-electron chi connectivity index (χ2n) is 4.07. The Bertz CT molecular complexity index is 390. The van der Waals surface area contributed by atoms with E-state index >= 15 is 0 Å². The molecule has 4 nitrogen and oxygen atoms in total. The molecule has 0 heterocycles. The normalized spacial score (nSPS) is 12.1. The van der Waals surface area contributed by atoms with Crippen LogP contribution in [-0.2, 0) is 0 Å². The summed E-state index contributed by atoms with van der Waals surface area (Å²) in [6, 6.07) is 4.22. The number of nitrogens with one attached hydrogen (secondary N) is 1. The van der Waals surface area contributed by atoms with Crippen molar-refractivity contribution in [2.75, 3.05) is 0 Å².